The quantitative estimate of drug-likeness (QED) is 0.171. The molecule has 2 atom stereocenters. The molecule has 0 heterocycles. The molecular weight excluding hydrogens is 460 g/mol. The van der Waals surface area contributed by atoms with Gasteiger partial charge >= 0.3 is 0 Å². The molecule has 0 fully saturated rings. The molecule has 4 aromatic carbocycles. The van der Waals surface area contributed by atoms with Crippen molar-refractivity contribution in [2.75, 3.05) is 20.8 Å². The summed E-state index contributed by atoms with van der Waals surface area (Å²) >= 11 is 0. The molecular formula is C33H34O4. The summed E-state index contributed by atoms with van der Waals surface area (Å²) < 4.78 is 17.8. The highest BCUT2D eigenvalue weighted by molar-refractivity contribution is 5.47. The lowest BCUT2D eigenvalue weighted by Gasteiger charge is -2.37. The third kappa shape index (κ3) is 5.61. The Morgan fingerprint density at radius 1 is 0.730 bits per heavy atom. The van der Waals surface area contributed by atoms with Crippen LogP contribution >= 0.6 is 0 Å². The van der Waals surface area contributed by atoms with Gasteiger partial charge in [-0.1, -0.05) is 103 Å². The number of aliphatic hydroxyl groups is 1. The molecule has 0 aromatic heterocycles. The van der Waals surface area contributed by atoms with Crippen molar-refractivity contribution in [1.82, 2.24) is 0 Å². The number of benzene rings is 4. The summed E-state index contributed by atoms with van der Waals surface area (Å²) in [6.45, 7) is 4.24. The highest BCUT2D eigenvalue weighted by atomic mass is 16.5. The maximum absolute atomic E-state index is 11.5. The van der Waals surface area contributed by atoms with Crippen molar-refractivity contribution in [3.8, 4) is 11.5 Å². The molecule has 190 valence electrons. The fourth-order valence-corrected chi connectivity index (χ4v) is 4.81. The second-order valence-electron chi connectivity index (χ2n) is 8.93. The van der Waals surface area contributed by atoms with Crippen LogP contribution in [0, 0.1) is 5.92 Å². The van der Waals surface area contributed by atoms with Crippen LogP contribution in [-0.4, -0.2) is 25.9 Å². The molecule has 0 saturated heterocycles. The Hall–Kier alpha value is -3.86. The maximum atomic E-state index is 11.5. The number of allylic oxidation sites excluding steroid dienone is 1. The number of methoxy groups -OCH3 is 2. The van der Waals surface area contributed by atoms with Gasteiger partial charge in [0.05, 0.1) is 26.9 Å². The molecule has 0 aliphatic carbocycles. The van der Waals surface area contributed by atoms with Gasteiger partial charge in [-0.05, 0) is 40.8 Å². The molecule has 0 radical (unpaired) electrons. The lowest BCUT2D eigenvalue weighted by Crippen LogP contribution is -2.35. The van der Waals surface area contributed by atoms with Gasteiger partial charge in [-0.15, -0.1) is 6.58 Å². The molecule has 37 heavy (non-hydrogen) atoms. The Morgan fingerprint density at radius 3 is 1.65 bits per heavy atom. The molecule has 0 bridgehead atoms. The Morgan fingerprint density at radius 2 is 1.22 bits per heavy atom. The predicted octanol–water partition coefficient (Wildman–Crippen LogP) is 6.94. The van der Waals surface area contributed by atoms with Crippen LogP contribution in [0.25, 0.3) is 0 Å². The summed E-state index contributed by atoms with van der Waals surface area (Å²) in [7, 11) is 3.19. The molecule has 4 rings (SSSR count). The van der Waals surface area contributed by atoms with E-state index in [1.807, 2.05) is 78.9 Å². The van der Waals surface area contributed by atoms with Crippen molar-refractivity contribution in [1.29, 1.82) is 0 Å². The molecule has 0 amide bonds. The fourth-order valence-electron chi connectivity index (χ4n) is 4.81. The number of hydrogen-bond donors (Lipinski definition) is 1. The SMILES string of the molecule is C=CC[C@@H](COC(c1ccccc1)(c1ccccc1)c1ccccc1)[C@@H](O)c1ccc(OC)c(OC)c1. The average Bonchev–Trinajstić information content (AvgIpc) is 2.97. The molecule has 0 aliphatic rings. The minimum Gasteiger partial charge on any atom is -0.493 e. The average molecular weight is 495 g/mol. The maximum Gasteiger partial charge on any atom is 0.161 e. The van der Waals surface area contributed by atoms with Gasteiger partial charge in [-0.25, -0.2) is 0 Å². The van der Waals surface area contributed by atoms with Crippen molar-refractivity contribution >= 4 is 0 Å². The van der Waals surface area contributed by atoms with Crippen molar-refractivity contribution in [3.05, 3.63) is 144 Å². The minimum absolute atomic E-state index is 0.244. The van der Waals surface area contributed by atoms with Gasteiger partial charge in [0.2, 0.25) is 0 Å². The Kier molecular flexibility index (Phi) is 8.78. The van der Waals surface area contributed by atoms with Crippen molar-refractivity contribution in [3.63, 3.8) is 0 Å². The van der Waals surface area contributed by atoms with Gasteiger partial charge in [0.25, 0.3) is 0 Å². The molecule has 4 nitrogen and oxygen atoms in total. The van der Waals surface area contributed by atoms with Crippen LogP contribution in [-0.2, 0) is 10.3 Å². The number of hydrogen-bond acceptors (Lipinski definition) is 4. The molecule has 0 aliphatic heterocycles. The third-order valence-corrected chi connectivity index (χ3v) is 6.72. The van der Waals surface area contributed by atoms with Gasteiger partial charge in [0.1, 0.15) is 5.60 Å². The zero-order valence-corrected chi connectivity index (χ0v) is 21.4. The van der Waals surface area contributed by atoms with Crippen LogP contribution in [0.2, 0.25) is 0 Å². The van der Waals surface area contributed by atoms with E-state index in [2.05, 4.69) is 43.0 Å². The van der Waals surface area contributed by atoms with Crippen LogP contribution < -0.4 is 9.47 Å². The topological polar surface area (TPSA) is 47.9 Å². The lowest BCUT2D eigenvalue weighted by molar-refractivity contribution is -0.0379. The van der Waals surface area contributed by atoms with E-state index in [1.54, 1.807) is 14.2 Å². The molecule has 0 unspecified atom stereocenters. The normalized spacial score (nSPS) is 12.9. The summed E-state index contributed by atoms with van der Waals surface area (Å²) in [6, 6.07) is 36.2. The summed E-state index contributed by atoms with van der Waals surface area (Å²) in [6.07, 6.45) is 1.61. The fraction of sp³-hybridized carbons (Fsp3) is 0.212. The number of ether oxygens (including phenoxy) is 3. The summed E-state index contributed by atoms with van der Waals surface area (Å²) in [5.41, 5.74) is 2.93. The highest BCUT2D eigenvalue weighted by Gasteiger charge is 2.38. The minimum atomic E-state index is -0.861. The zero-order chi connectivity index (χ0) is 26.1. The van der Waals surface area contributed by atoms with E-state index in [0.29, 0.717) is 24.5 Å². The van der Waals surface area contributed by atoms with E-state index >= 15 is 0 Å². The standard InChI is InChI=1S/C33H34O4/c1-4-14-26(32(34)25-21-22-30(35-2)31(23-25)36-3)24-37-33(27-15-8-5-9-16-27,28-17-10-6-11-18-28)29-19-12-7-13-20-29/h4-13,15-23,26,32,34H,1,14,24H2,2-3H3/t26-,32-/m0/s1. The summed E-state index contributed by atoms with van der Waals surface area (Å²) in [5.74, 6) is 0.946. The first-order valence-corrected chi connectivity index (χ1v) is 12.5. The second-order valence-corrected chi connectivity index (χ2v) is 8.93. The summed E-state index contributed by atoms with van der Waals surface area (Å²) in [5, 5.41) is 11.5. The van der Waals surface area contributed by atoms with E-state index in [1.165, 1.54) is 0 Å². The predicted molar refractivity (Wildman–Crippen MR) is 148 cm³/mol. The largest absolute Gasteiger partial charge is 0.493 e. The van der Waals surface area contributed by atoms with E-state index in [-0.39, 0.29) is 5.92 Å². The van der Waals surface area contributed by atoms with Crippen LogP contribution in [0.3, 0.4) is 0 Å². The smallest absolute Gasteiger partial charge is 0.161 e. The molecule has 1 N–H and O–H groups in total. The highest BCUT2D eigenvalue weighted by Crippen LogP contribution is 2.42. The van der Waals surface area contributed by atoms with Crippen LogP contribution in [0.5, 0.6) is 11.5 Å². The van der Waals surface area contributed by atoms with E-state index in [4.69, 9.17) is 14.2 Å². The van der Waals surface area contributed by atoms with Crippen LogP contribution in [0.1, 0.15) is 34.8 Å². The molecule has 4 heteroatoms. The lowest BCUT2D eigenvalue weighted by atomic mass is 9.80. The first-order valence-electron chi connectivity index (χ1n) is 12.5. The molecule has 0 saturated carbocycles. The van der Waals surface area contributed by atoms with Gasteiger partial charge in [-0.2, -0.15) is 0 Å². The van der Waals surface area contributed by atoms with Crippen LogP contribution in [0.15, 0.2) is 122 Å². The van der Waals surface area contributed by atoms with E-state index in [0.717, 1.165) is 22.3 Å². The summed E-state index contributed by atoms with van der Waals surface area (Å²) in [4.78, 5) is 0. The second kappa shape index (κ2) is 12.4. The first kappa shape index (κ1) is 26.2. The first-order chi connectivity index (χ1) is 18.1. The number of rotatable bonds is 12. The van der Waals surface area contributed by atoms with Gasteiger partial charge in [0.15, 0.2) is 11.5 Å². The Labute approximate surface area is 219 Å². The van der Waals surface area contributed by atoms with Gasteiger partial charge in [-0.3, -0.25) is 0 Å². The third-order valence-electron chi connectivity index (χ3n) is 6.72. The van der Waals surface area contributed by atoms with E-state index in [9.17, 15) is 5.11 Å². The van der Waals surface area contributed by atoms with Gasteiger partial charge < -0.3 is 19.3 Å². The van der Waals surface area contributed by atoms with E-state index < -0.39 is 11.7 Å². The van der Waals surface area contributed by atoms with Crippen molar-refractivity contribution < 1.29 is 19.3 Å². The number of aliphatic hydroxyl groups excluding tert-OH is 1. The van der Waals surface area contributed by atoms with Gasteiger partial charge in [0, 0.05) is 5.92 Å². The van der Waals surface area contributed by atoms with Crippen molar-refractivity contribution in [2.45, 2.75) is 18.1 Å². The Bertz CT molecular complexity index is 1160. The molecule has 4 aromatic rings. The molecule has 0 spiro atoms. The monoisotopic (exact) mass is 494 g/mol. The zero-order valence-electron chi connectivity index (χ0n) is 21.4. The van der Waals surface area contributed by atoms with Crippen molar-refractivity contribution in [2.24, 2.45) is 5.92 Å². The van der Waals surface area contributed by atoms with Crippen LogP contribution in [0.4, 0.5) is 0 Å². The Balaban J connectivity index is 1.76.